The lowest BCUT2D eigenvalue weighted by Crippen LogP contribution is -2.29. The van der Waals surface area contributed by atoms with Gasteiger partial charge in [-0.05, 0) is 0 Å². The van der Waals surface area contributed by atoms with Crippen LogP contribution in [0.3, 0.4) is 0 Å². The van der Waals surface area contributed by atoms with Gasteiger partial charge in [0, 0.05) is 6.42 Å². The molecule has 52 valence electrons. The van der Waals surface area contributed by atoms with Crippen LogP contribution >= 0.6 is 0 Å². The van der Waals surface area contributed by atoms with Gasteiger partial charge in [0.05, 0.1) is 12.6 Å². The van der Waals surface area contributed by atoms with Crippen LogP contribution in [-0.2, 0) is 4.79 Å². The molecule has 1 amide bonds. The monoisotopic (exact) mass is 133 g/mol. The molecule has 2 N–H and O–H groups in total. The highest BCUT2D eigenvalue weighted by molar-refractivity contribution is 5.83. The van der Waals surface area contributed by atoms with Crippen LogP contribution in [0, 0.1) is 0 Å². The van der Waals surface area contributed by atoms with Crippen molar-refractivity contribution in [2.45, 2.75) is 18.6 Å². The lowest BCUT2D eigenvalue weighted by atomic mass is 10.2. The number of aliphatic hydroxyl groups excluding tert-OH is 1. The Morgan fingerprint density at radius 3 is 2.78 bits per heavy atom. The van der Waals surface area contributed by atoms with Crippen LogP contribution in [0.2, 0.25) is 0 Å². The molecule has 0 aromatic heterocycles. The summed E-state index contributed by atoms with van der Waals surface area (Å²) in [6.45, 7) is -0.174. The second-order valence-electron chi connectivity index (χ2n) is 2.09. The van der Waals surface area contributed by atoms with Gasteiger partial charge in [-0.3, -0.25) is 4.79 Å². The minimum absolute atomic E-state index is 0.106. The van der Waals surface area contributed by atoms with E-state index in [0.717, 1.165) is 0 Å². The van der Waals surface area contributed by atoms with Crippen molar-refractivity contribution in [3.05, 3.63) is 0 Å². The van der Waals surface area contributed by atoms with Gasteiger partial charge in [0.1, 0.15) is 0 Å². The molecular formula is C5H8FNO2. The molecule has 1 fully saturated rings. The Kier molecular flexibility index (Phi) is 1.66. The Labute approximate surface area is 51.9 Å². The van der Waals surface area contributed by atoms with Crippen LogP contribution < -0.4 is 5.32 Å². The van der Waals surface area contributed by atoms with Gasteiger partial charge in [0.25, 0.3) is 5.91 Å². The van der Waals surface area contributed by atoms with Gasteiger partial charge >= 0.3 is 0 Å². The Hall–Kier alpha value is -0.640. The van der Waals surface area contributed by atoms with Crippen molar-refractivity contribution < 1.29 is 14.3 Å². The fourth-order valence-corrected chi connectivity index (χ4v) is 0.828. The summed E-state index contributed by atoms with van der Waals surface area (Å²) in [6, 6.07) is -0.368. The number of halogens is 1. The van der Waals surface area contributed by atoms with E-state index in [1.54, 1.807) is 0 Å². The number of alkyl halides is 1. The highest BCUT2D eigenvalue weighted by Crippen LogP contribution is 2.09. The molecule has 0 aromatic rings. The molecule has 0 aliphatic carbocycles. The second kappa shape index (κ2) is 2.31. The van der Waals surface area contributed by atoms with Gasteiger partial charge in [-0.1, -0.05) is 0 Å². The molecular weight excluding hydrogens is 125 g/mol. The van der Waals surface area contributed by atoms with Gasteiger partial charge in [-0.25, -0.2) is 4.39 Å². The summed E-state index contributed by atoms with van der Waals surface area (Å²) >= 11 is 0. The highest BCUT2D eigenvalue weighted by atomic mass is 19.1. The summed E-state index contributed by atoms with van der Waals surface area (Å²) < 4.78 is 12.2. The number of rotatable bonds is 1. The third-order valence-corrected chi connectivity index (χ3v) is 1.34. The number of carbonyl (C=O) groups excluding carboxylic acids is 1. The smallest absolute Gasteiger partial charge is 0.254 e. The largest absolute Gasteiger partial charge is 0.394 e. The van der Waals surface area contributed by atoms with Crippen molar-refractivity contribution in [3.63, 3.8) is 0 Å². The summed E-state index contributed by atoms with van der Waals surface area (Å²) in [6.07, 6.45) is -1.31. The van der Waals surface area contributed by atoms with Crippen LogP contribution in [0.25, 0.3) is 0 Å². The standard InChI is InChI=1S/C5H8FNO2/c6-4-1-3(2-8)7-5(4)9/h3-4,8H,1-2H2,(H,7,9)/t3-,4?/m0/s1. The van der Waals surface area contributed by atoms with Crippen LogP contribution in [0.1, 0.15) is 6.42 Å². The van der Waals surface area contributed by atoms with E-state index in [0.29, 0.717) is 0 Å². The molecule has 0 saturated carbocycles. The number of aliphatic hydroxyl groups is 1. The third-order valence-electron chi connectivity index (χ3n) is 1.34. The fourth-order valence-electron chi connectivity index (χ4n) is 0.828. The average Bonchev–Trinajstić information content (AvgIpc) is 2.13. The summed E-state index contributed by atoms with van der Waals surface area (Å²) in [5.74, 6) is -0.603. The Balaban J connectivity index is 2.44. The van der Waals surface area contributed by atoms with Crippen LogP contribution in [0.15, 0.2) is 0 Å². The van der Waals surface area contributed by atoms with Gasteiger partial charge in [-0.2, -0.15) is 0 Å². The maximum atomic E-state index is 12.2. The first-order chi connectivity index (χ1) is 4.24. The predicted molar refractivity (Wildman–Crippen MR) is 28.5 cm³/mol. The number of nitrogens with one attached hydrogen (secondary N) is 1. The first-order valence-electron chi connectivity index (χ1n) is 2.79. The summed E-state index contributed by atoms with van der Waals surface area (Å²) in [5, 5.41) is 10.7. The molecule has 9 heavy (non-hydrogen) atoms. The molecule has 2 atom stereocenters. The molecule has 0 bridgehead atoms. The number of hydrogen-bond acceptors (Lipinski definition) is 2. The summed E-state index contributed by atoms with van der Waals surface area (Å²) in [5.41, 5.74) is 0. The first-order valence-corrected chi connectivity index (χ1v) is 2.79. The van der Waals surface area contributed by atoms with E-state index in [4.69, 9.17) is 5.11 Å². The van der Waals surface area contributed by atoms with Crippen molar-refractivity contribution in [1.29, 1.82) is 0 Å². The lowest BCUT2D eigenvalue weighted by Gasteiger charge is -2.01. The molecule has 1 unspecified atom stereocenters. The molecule has 0 radical (unpaired) electrons. The average molecular weight is 133 g/mol. The fraction of sp³-hybridized carbons (Fsp3) is 0.800. The third kappa shape index (κ3) is 1.18. The quantitative estimate of drug-likeness (QED) is 0.492. The highest BCUT2D eigenvalue weighted by Gasteiger charge is 2.30. The predicted octanol–water partition coefficient (Wildman–Crippen LogP) is -0.795. The van der Waals surface area contributed by atoms with Crippen molar-refractivity contribution >= 4 is 5.91 Å². The van der Waals surface area contributed by atoms with Gasteiger partial charge in [0.15, 0.2) is 6.17 Å². The maximum absolute atomic E-state index is 12.2. The molecule has 1 aliphatic rings. The van der Waals surface area contributed by atoms with Crippen molar-refractivity contribution in [3.8, 4) is 0 Å². The Morgan fingerprint density at radius 1 is 1.89 bits per heavy atom. The SMILES string of the molecule is O=C1N[C@H](CO)CC1F. The zero-order valence-electron chi connectivity index (χ0n) is 4.80. The first kappa shape index (κ1) is 6.48. The van der Waals surface area contributed by atoms with E-state index in [-0.39, 0.29) is 19.1 Å². The number of amides is 1. The molecule has 1 heterocycles. The summed E-state index contributed by atoms with van der Waals surface area (Å²) in [7, 11) is 0. The molecule has 1 rings (SSSR count). The summed E-state index contributed by atoms with van der Waals surface area (Å²) in [4.78, 5) is 10.3. The van der Waals surface area contributed by atoms with E-state index in [1.165, 1.54) is 0 Å². The zero-order valence-corrected chi connectivity index (χ0v) is 4.80. The van der Waals surface area contributed by atoms with Crippen LogP contribution in [0.4, 0.5) is 4.39 Å². The second-order valence-corrected chi connectivity index (χ2v) is 2.09. The molecule has 4 heteroatoms. The maximum Gasteiger partial charge on any atom is 0.254 e. The molecule has 1 saturated heterocycles. The minimum atomic E-state index is -1.41. The lowest BCUT2D eigenvalue weighted by molar-refractivity contribution is -0.123. The molecule has 0 aromatic carbocycles. The van der Waals surface area contributed by atoms with Gasteiger partial charge in [0.2, 0.25) is 0 Å². The minimum Gasteiger partial charge on any atom is -0.394 e. The molecule has 1 aliphatic heterocycles. The van der Waals surface area contributed by atoms with Crippen molar-refractivity contribution in [1.82, 2.24) is 5.32 Å². The molecule has 3 nitrogen and oxygen atoms in total. The van der Waals surface area contributed by atoms with Gasteiger partial charge in [-0.15, -0.1) is 0 Å². The van der Waals surface area contributed by atoms with E-state index < -0.39 is 12.1 Å². The normalized spacial score (nSPS) is 34.7. The van der Waals surface area contributed by atoms with Crippen molar-refractivity contribution in [2.24, 2.45) is 0 Å². The Morgan fingerprint density at radius 2 is 2.56 bits per heavy atom. The van der Waals surface area contributed by atoms with Crippen LogP contribution in [-0.4, -0.2) is 29.8 Å². The number of hydrogen-bond donors (Lipinski definition) is 2. The van der Waals surface area contributed by atoms with Crippen molar-refractivity contribution in [2.75, 3.05) is 6.61 Å². The zero-order chi connectivity index (χ0) is 6.85. The topological polar surface area (TPSA) is 49.3 Å². The van der Waals surface area contributed by atoms with E-state index in [1.807, 2.05) is 0 Å². The van der Waals surface area contributed by atoms with E-state index in [2.05, 4.69) is 5.32 Å². The molecule has 0 spiro atoms. The number of carbonyl (C=O) groups is 1. The van der Waals surface area contributed by atoms with E-state index in [9.17, 15) is 9.18 Å². The van der Waals surface area contributed by atoms with Gasteiger partial charge < -0.3 is 10.4 Å². The van der Waals surface area contributed by atoms with E-state index >= 15 is 0 Å². The Bertz CT molecular complexity index is 128. The van der Waals surface area contributed by atoms with Crippen LogP contribution in [0.5, 0.6) is 0 Å².